The summed E-state index contributed by atoms with van der Waals surface area (Å²) in [7, 11) is 0. The average Bonchev–Trinajstić information content (AvgIpc) is 2.39. The van der Waals surface area contributed by atoms with Crippen LogP contribution in [0.2, 0.25) is 0 Å². The highest BCUT2D eigenvalue weighted by molar-refractivity contribution is 6.06. The maximum absolute atomic E-state index is 13.2. The van der Waals surface area contributed by atoms with E-state index < -0.39 is 11.2 Å². The smallest absolute Gasteiger partial charge is 0.230 e. The first-order valence-electron chi connectivity index (χ1n) is 5.90. The molecule has 104 valence electrons. The summed E-state index contributed by atoms with van der Waals surface area (Å²) in [6, 6.07) is 3.68. The molecule has 0 spiro atoms. The number of rotatable bonds is 4. The molecule has 1 aromatic rings. The van der Waals surface area contributed by atoms with Crippen LogP contribution in [0.1, 0.15) is 32.8 Å². The highest BCUT2D eigenvalue weighted by Crippen LogP contribution is 2.24. The van der Waals surface area contributed by atoms with Crippen LogP contribution in [0.25, 0.3) is 0 Å². The van der Waals surface area contributed by atoms with E-state index in [1.165, 1.54) is 12.1 Å². The minimum Gasteiger partial charge on any atom is -0.409 e. The first-order chi connectivity index (χ1) is 8.81. The number of carbonyl (C=O) groups is 1. The van der Waals surface area contributed by atoms with Crippen molar-refractivity contribution >= 4 is 17.4 Å². The highest BCUT2D eigenvalue weighted by atomic mass is 19.1. The molecule has 5 nitrogen and oxygen atoms in total. The van der Waals surface area contributed by atoms with Gasteiger partial charge in [0, 0.05) is 11.0 Å². The number of anilines is 1. The monoisotopic (exact) mass is 267 g/mol. The summed E-state index contributed by atoms with van der Waals surface area (Å²) < 4.78 is 13.2. The van der Waals surface area contributed by atoms with Crippen molar-refractivity contribution in [2.45, 2.75) is 27.2 Å². The van der Waals surface area contributed by atoms with Gasteiger partial charge in [0.2, 0.25) is 5.91 Å². The third-order valence-electron chi connectivity index (χ3n) is 3.11. The Balaban J connectivity index is 3.12. The Morgan fingerprint density at radius 2 is 2.16 bits per heavy atom. The lowest BCUT2D eigenvalue weighted by Gasteiger charge is -2.22. The summed E-state index contributed by atoms with van der Waals surface area (Å²) in [6.45, 7) is 5.50. The molecule has 0 atom stereocenters. The van der Waals surface area contributed by atoms with Gasteiger partial charge in [0.1, 0.15) is 5.82 Å². The molecular weight excluding hydrogens is 249 g/mol. The van der Waals surface area contributed by atoms with Gasteiger partial charge in [0.05, 0.1) is 5.69 Å². The maximum Gasteiger partial charge on any atom is 0.230 e. The van der Waals surface area contributed by atoms with Crippen LogP contribution in [-0.2, 0) is 4.79 Å². The van der Waals surface area contributed by atoms with E-state index >= 15 is 0 Å². The molecule has 0 fully saturated rings. The lowest BCUT2D eigenvalue weighted by molar-refractivity contribution is -0.124. The van der Waals surface area contributed by atoms with Gasteiger partial charge in [0.15, 0.2) is 5.84 Å². The van der Waals surface area contributed by atoms with Crippen molar-refractivity contribution in [3.05, 3.63) is 29.6 Å². The van der Waals surface area contributed by atoms with Crippen molar-refractivity contribution < 1.29 is 14.4 Å². The Morgan fingerprint density at radius 1 is 1.53 bits per heavy atom. The van der Waals surface area contributed by atoms with E-state index in [0.717, 1.165) is 6.07 Å². The van der Waals surface area contributed by atoms with Crippen molar-refractivity contribution in [3.63, 3.8) is 0 Å². The van der Waals surface area contributed by atoms with Crippen LogP contribution in [0, 0.1) is 11.2 Å². The summed E-state index contributed by atoms with van der Waals surface area (Å²) >= 11 is 0. The Kier molecular flexibility index (Phi) is 4.47. The molecule has 0 radical (unpaired) electrons. The fourth-order valence-electron chi connectivity index (χ4n) is 1.34. The molecule has 0 saturated carbocycles. The molecule has 19 heavy (non-hydrogen) atoms. The average molecular weight is 267 g/mol. The van der Waals surface area contributed by atoms with Crippen molar-refractivity contribution in [3.8, 4) is 0 Å². The number of hydrogen-bond acceptors (Lipinski definition) is 3. The second-order valence-corrected chi connectivity index (χ2v) is 4.87. The summed E-state index contributed by atoms with van der Waals surface area (Å²) in [5, 5.41) is 14.2. The van der Waals surface area contributed by atoms with Gasteiger partial charge in [-0.25, -0.2) is 4.39 Å². The number of carbonyl (C=O) groups excluding carboxylic acids is 1. The van der Waals surface area contributed by atoms with Gasteiger partial charge in [-0.05, 0) is 24.6 Å². The molecule has 1 amide bonds. The molecular formula is C13H18FN3O2. The number of nitrogens with two attached hydrogens (primary N) is 1. The molecule has 0 bridgehead atoms. The Hall–Kier alpha value is -2.11. The summed E-state index contributed by atoms with van der Waals surface area (Å²) in [5.74, 6) is -1.01. The third kappa shape index (κ3) is 3.43. The number of benzene rings is 1. The first kappa shape index (κ1) is 14.9. The summed E-state index contributed by atoms with van der Waals surface area (Å²) in [5.41, 5.74) is 5.35. The predicted molar refractivity (Wildman–Crippen MR) is 71.6 cm³/mol. The fraction of sp³-hybridized carbons (Fsp3) is 0.385. The second-order valence-electron chi connectivity index (χ2n) is 4.87. The second kappa shape index (κ2) is 5.69. The van der Waals surface area contributed by atoms with Crippen LogP contribution in [0.15, 0.2) is 23.4 Å². The molecule has 1 rings (SSSR count). The molecule has 0 aliphatic carbocycles. The van der Waals surface area contributed by atoms with E-state index in [4.69, 9.17) is 10.9 Å². The molecule has 0 heterocycles. The zero-order chi connectivity index (χ0) is 14.6. The number of amides is 1. The SMILES string of the molecule is CCC(C)(C)C(=O)Nc1ccc(F)cc1/C(N)=N/O. The van der Waals surface area contributed by atoms with Crippen LogP contribution < -0.4 is 11.1 Å². The molecule has 0 unspecified atom stereocenters. The first-order valence-corrected chi connectivity index (χ1v) is 5.90. The molecule has 6 heteroatoms. The molecule has 0 saturated heterocycles. The summed E-state index contributed by atoms with van der Waals surface area (Å²) in [6.07, 6.45) is 0.652. The van der Waals surface area contributed by atoms with Gasteiger partial charge in [-0.1, -0.05) is 25.9 Å². The van der Waals surface area contributed by atoms with E-state index in [1.807, 2.05) is 6.92 Å². The van der Waals surface area contributed by atoms with Crippen molar-refractivity contribution in [2.75, 3.05) is 5.32 Å². The van der Waals surface area contributed by atoms with Crippen molar-refractivity contribution in [1.82, 2.24) is 0 Å². The molecule has 0 aromatic heterocycles. The topological polar surface area (TPSA) is 87.7 Å². The van der Waals surface area contributed by atoms with Crippen LogP contribution in [-0.4, -0.2) is 17.0 Å². The quantitative estimate of drug-likeness (QED) is 0.338. The van der Waals surface area contributed by atoms with Gasteiger partial charge >= 0.3 is 0 Å². The van der Waals surface area contributed by atoms with Crippen molar-refractivity contribution in [2.24, 2.45) is 16.3 Å². The number of nitrogens with one attached hydrogen (secondary N) is 1. The van der Waals surface area contributed by atoms with E-state index in [-0.39, 0.29) is 17.3 Å². The van der Waals surface area contributed by atoms with Gasteiger partial charge in [-0.2, -0.15) is 0 Å². The number of oxime groups is 1. The summed E-state index contributed by atoms with van der Waals surface area (Å²) in [4.78, 5) is 12.1. The lowest BCUT2D eigenvalue weighted by Crippen LogP contribution is -2.31. The molecule has 0 aliphatic rings. The highest BCUT2D eigenvalue weighted by Gasteiger charge is 2.26. The number of amidine groups is 1. The van der Waals surface area contributed by atoms with Crippen LogP contribution in [0.4, 0.5) is 10.1 Å². The van der Waals surface area contributed by atoms with Gasteiger partial charge in [-0.15, -0.1) is 0 Å². The maximum atomic E-state index is 13.2. The third-order valence-corrected chi connectivity index (χ3v) is 3.11. The Morgan fingerprint density at radius 3 is 2.68 bits per heavy atom. The van der Waals surface area contributed by atoms with E-state index in [2.05, 4.69) is 10.5 Å². The zero-order valence-electron chi connectivity index (χ0n) is 11.2. The Bertz CT molecular complexity index is 513. The van der Waals surface area contributed by atoms with E-state index in [9.17, 15) is 9.18 Å². The lowest BCUT2D eigenvalue weighted by atomic mass is 9.89. The van der Waals surface area contributed by atoms with Crippen LogP contribution in [0.3, 0.4) is 0 Å². The van der Waals surface area contributed by atoms with E-state index in [1.54, 1.807) is 13.8 Å². The Labute approximate surface area is 111 Å². The normalized spacial score (nSPS) is 12.3. The number of nitrogens with zero attached hydrogens (tertiary/aromatic N) is 1. The minimum absolute atomic E-state index is 0.141. The van der Waals surface area contributed by atoms with Gasteiger partial charge in [0.25, 0.3) is 0 Å². The van der Waals surface area contributed by atoms with E-state index in [0.29, 0.717) is 12.1 Å². The fourth-order valence-corrected chi connectivity index (χ4v) is 1.34. The standard InChI is InChI=1S/C13H18FN3O2/c1-4-13(2,3)12(18)16-10-6-5-8(14)7-9(10)11(15)17-19/h5-7,19H,4H2,1-3H3,(H2,15,17)(H,16,18). The predicted octanol–water partition coefficient (Wildman–Crippen LogP) is 2.29. The van der Waals surface area contributed by atoms with Crippen LogP contribution >= 0.6 is 0 Å². The van der Waals surface area contributed by atoms with Gasteiger partial charge < -0.3 is 16.3 Å². The minimum atomic E-state index is -0.559. The largest absolute Gasteiger partial charge is 0.409 e. The molecule has 0 aliphatic heterocycles. The van der Waals surface area contributed by atoms with Crippen molar-refractivity contribution in [1.29, 1.82) is 0 Å². The van der Waals surface area contributed by atoms with Crippen LogP contribution in [0.5, 0.6) is 0 Å². The number of halogens is 1. The molecule has 4 N–H and O–H groups in total. The number of hydrogen-bond donors (Lipinski definition) is 3. The zero-order valence-corrected chi connectivity index (χ0v) is 11.2. The molecule has 1 aromatic carbocycles. The van der Waals surface area contributed by atoms with Gasteiger partial charge in [-0.3, -0.25) is 4.79 Å².